The predicted molar refractivity (Wildman–Crippen MR) is 62.7 cm³/mol. The number of aliphatic hydroxyl groups excluding tert-OH is 2. The van der Waals surface area contributed by atoms with Crippen molar-refractivity contribution in [3.05, 3.63) is 27.2 Å². The Labute approximate surface area is 110 Å². The van der Waals surface area contributed by atoms with Gasteiger partial charge in [0.1, 0.15) is 0 Å². The van der Waals surface area contributed by atoms with Crippen LogP contribution in [0.3, 0.4) is 0 Å². The quantitative estimate of drug-likeness (QED) is 0.350. The van der Waals surface area contributed by atoms with Crippen molar-refractivity contribution in [2.75, 3.05) is 19.8 Å². The number of hydrogen-bond acceptors (Lipinski definition) is 3. The van der Waals surface area contributed by atoms with Gasteiger partial charge in [0.25, 0.3) is 0 Å². The summed E-state index contributed by atoms with van der Waals surface area (Å²) in [6.07, 6.45) is 3.41. The van der Waals surface area contributed by atoms with Crippen LogP contribution in [0.1, 0.15) is 26.7 Å². The van der Waals surface area contributed by atoms with Gasteiger partial charge in [0, 0.05) is 13.2 Å². The molecule has 0 aromatic rings. The summed E-state index contributed by atoms with van der Waals surface area (Å²) in [5.41, 5.74) is 0. The molecule has 15 heavy (non-hydrogen) atoms. The van der Waals surface area contributed by atoms with Crippen LogP contribution in [0.15, 0.2) is 12.8 Å². The normalized spacial score (nSPS) is 6.20. The first-order chi connectivity index (χ1) is 6.24. The summed E-state index contributed by atoms with van der Waals surface area (Å²) < 4.78 is 4.80. The Hall–Kier alpha value is 0.174. The summed E-state index contributed by atoms with van der Waals surface area (Å²) in [6, 6.07) is 0. The second-order valence-corrected chi connectivity index (χ2v) is 1.88. The topological polar surface area (TPSA) is 49.7 Å². The molecule has 0 aromatic carbocycles. The van der Waals surface area contributed by atoms with Crippen molar-refractivity contribution in [1.29, 1.82) is 0 Å². The molecular weight excluding hydrogens is 228 g/mol. The molecule has 0 bridgehead atoms. The zero-order valence-corrected chi connectivity index (χ0v) is 11.9. The molecule has 0 saturated carbocycles. The molecule has 4 heteroatoms. The van der Waals surface area contributed by atoms with Crippen LogP contribution >= 0.6 is 0 Å². The van der Waals surface area contributed by atoms with Crippen molar-refractivity contribution in [3.8, 4) is 0 Å². The molecule has 0 heterocycles. The minimum atomic E-state index is 0. The Morgan fingerprint density at radius 1 is 1.27 bits per heavy atom. The molecule has 0 atom stereocenters. The number of hydrogen-bond donors (Lipinski definition) is 2. The molecule has 0 aliphatic rings. The molecule has 3 nitrogen and oxygen atoms in total. The van der Waals surface area contributed by atoms with Crippen LogP contribution in [-0.4, -0.2) is 30.0 Å². The third-order valence-corrected chi connectivity index (χ3v) is 0.630. The van der Waals surface area contributed by atoms with Gasteiger partial charge in [-0.05, 0) is 20.3 Å². The van der Waals surface area contributed by atoms with Gasteiger partial charge >= 0.3 is 21.7 Å². The van der Waals surface area contributed by atoms with Gasteiger partial charge in [-0.25, -0.2) is 0 Å². The van der Waals surface area contributed by atoms with Crippen LogP contribution in [0.2, 0.25) is 0 Å². The average molecular weight is 254 g/mol. The fraction of sp³-hybridized carbons (Fsp3) is 0.636. The Morgan fingerprint density at radius 2 is 1.60 bits per heavy atom. The maximum absolute atomic E-state index is 7.57. The van der Waals surface area contributed by atoms with E-state index in [9.17, 15) is 0 Å². The predicted octanol–water partition coefficient (Wildman–Crippen LogP) is 2.21. The SMILES string of the molecule is C=COCCC[CH2-].CCO.CCO.[CH3-].[Ti+2]. The largest absolute Gasteiger partial charge is 2.00 e. The summed E-state index contributed by atoms with van der Waals surface area (Å²) in [6.45, 7) is 11.7. The molecule has 0 spiro atoms. The van der Waals surface area contributed by atoms with E-state index in [0.29, 0.717) is 0 Å². The molecule has 0 amide bonds. The minimum Gasteiger partial charge on any atom is -0.502 e. The Morgan fingerprint density at radius 3 is 1.80 bits per heavy atom. The summed E-state index contributed by atoms with van der Waals surface area (Å²) >= 11 is 0. The monoisotopic (exact) mass is 254 g/mol. The van der Waals surface area contributed by atoms with E-state index in [1.54, 1.807) is 13.8 Å². The van der Waals surface area contributed by atoms with E-state index in [1.165, 1.54) is 6.26 Å². The molecule has 0 saturated heterocycles. The number of aliphatic hydroxyl groups is 2. The van der Waals surface area contributed by atoms with E-state index in [4.69, 9.17) is 14.9 Å². The van der Waals surface area contributed by atoms with Gasteiger partial charge in [0.05, 0.1) is 12.9 Å². The number of rotatable bonds is 4. The third-order valence-electron chi connectivity index (χ3n) is 0.630. The van der Waals surface area contributed by atoms with E-state index >= 15 is 0 Å². The van der Waals surface area contributed by atoms with Crippen molar-refractivity contribution >= 4 is 0 Å². The summed E-state index contributed by atoms with van der Waals surface area (Å²) in [7, 11) is 0. The minimum absolute atomic E-state index is 0. The molecule has 0 aliphatic heterocycles. The van der Waals surface area contributed by atoms with Crippen molar-refractivity contribution < 1.29 is 36.7 Å². The Balaban J connectivity index is -0.0000000361. The maximum Gasteiger partial charge on any atom is 2.00 e. The Kier molecular flexibility index (Phi) is 93.8. The molecule has 0 radical (unpaired) electrons. The van der Waals surface area contributed by atoms with Gasteiger partial charge < -0.3 is 29.3 Å². The molecule has 92 valence electrons. The van der Waals surface area contributed by atoms with E-state index in [-0.39, 0.29) is 42.4 Å². The zero-order valence-electron chi connectivity index (χ0n) is 10.3. The molecular formula is C11H26O3Ti. The summed E-state index contributed by atoms with van der Waals surface area (Å²) in [4.78, 5) is 0. The van der Waals surface area contributed by atoms with Crippen molar-refractivity contribution in [2.24, 2.45) is 0 Å². The molecule has 0 unspecified atom stereocenters. The van der Waals surface area contributed by atoms with Gasteiger partial charge in [-0.1, -0.05) is 6.58 Å². The molecule has 0 aliphatic carbocycles. The van der Waals surface area contributed by atoms with Crippen LogP contribution in [0.4, 0.5) is 0 Å². The van der Waals surface area contributed by atoms with E-state index in [0.717, 1.165) is 19.4 Å². The number of ether oxygens (including phenoxy) is 1. The fourth-order valence-electron chi connectivity index (χ4n) is 0.269. The molecule has 0 aromatic heterocycles. The van der Waals surface area contributed by atoms with Crippen LogP contribution in [0.25, 0.3) is 0 Å². The first-order valence-electron chi connectivity index (χ1n) is 4.48. The van der Waals surface area contributed by atoms with Crippen molar-refractivity contribution in [2.45, 2.75) is 26.7 Å². The van der Waals surface area contributed by atoms with Gasteiger partial charge in [-0.2, -0.15) is 6.42 Å². The van der Waals surface area contributed by atoms with E-state index in [1.807, 2.05) is 0 Å². The van der Waals surface area contributed by atoms with E-state index in [2.05, 4.69) is 13.5 Å². The van der Waals surface area contributed by atoms with Crippen LogP contribution in [0, 0.1) is 14.4 Å². The van der Waals surface area contributed by atoms with Gasteiger partial charge in [0.15, 0.2) is 0 Å². The standard InChI is InChI=1S/C6H11O.2C2H6O.CH3.Ti/c1-3-5-6-7-4-2;2*1-2-3;;/h4H,1-3,5-6H2;2*3H,2H2,1H3;1H3;/q-1;;;-1;+2. The molecule has 0 rings (SSSR count). The second-order valence-electron chi connectivity index (χ2n) is 1.88. The van der Waals surface area contributed by atoms with Crippen molar-refractivity contribution in [3.63, 3.8) is 0 Å². The number of unbranched alkanes of at least 4 members (excludes halogenated alkanes) is 1. The van der Waals surface area contributed by atoms with Crippen LogP contribution in [0.5, 0.6) is 0 Å². The van der Waals surface area contributed by atoms with Gasteiger partial charge in [-0.15, -0.1) is 0 Å². The summed E-state index contributed by atoms with van der Waals surface area (Å²) in [5, 5.41) is 15.1. The van der Waals surface area contributed by atoms with Crippen LogP contribution < -0.4 is 0 Å². The van der Waals surface area contributed by atoms with E-state index < -0.39 is 0 Å². The fourth-order valence-corrected chi connectivity index (χ4v) is 0.269. The van der Waals surface area contributed by atoms with Crippen LogP contribution in [-0.2, 0) is 26.5 Å². The first-order valence-corrected chi connectivity index (χ1v) is 4.48. The van der Waals surface area contributed by atoms with Gasteiger partial charge in [0.2, 0.25) is 0 Å². The molecule has 0 fully saturated rings. The summed E-state index contributed by atoms with van der Waals surface area (Å²) in [5.74, 6) is 0. The second kappa shape index (κ2) is 47.8. The van der Waals surface area contributed by atoms with Gasteiger partial charge in [-0.3, -0.25) is 0 Å². The zero-order chi connectivity index (χ0) is 10.9. The third kappa shape index (κ3) is 121. The Bertz CT molecular complexity index is 68.9. The smallest absolute Gasteiger partial charge is 0.502 e. The van der Waals surface area contributed by atoms with Crippen molar-refractivity contribution in [1.82, 2.24) is 0 Å². The molecule has 2 N–H and O–H groups in total. The first kappa shape index (κ1) is 29.5. The average Bonchev–Trinajstić information content (AvgIpc) is 2.08. The maximum atomic E-state index is 7.57.